The van der Waals surface area contributed by atoms with E-state index < -0.39 is 0 Å². The Labute approximate surface area is 104 Å². The number of aromatic nitrogens is 1. The minimum absolute atomic E-state index is 0.0121. The number of thioether (sulfide) groups is 1. The Balaban J connectivity index is 2.55. The smallest absolute Gasteiger partial charge is 0.255 e. The molecule has 0 fully saturated rings. The highest BCUT2D eigenvalue weighted by Gasteiger charge is 2.03. The fourth-order valence-electron chi connectivity index (χ4n) is 1.16. The zero-order chi connectivity index (χ0) is 10.8. The van der Waals surface area contributed by atoms with Crippen molar-refractivity contribution in [3.63, 3.8) is 0 Å². The number of hydrogen-bond donors (Lipinski definition) is 0. The lowest BCUT2D eigenvalue weighted by Crippen LogP contribution is -2.09. The van der Waals surface area contributed by atoms with Crippen LogP contribution in [0, 0.1) is 3.95 Å². The van der Waals surface area contributed by atoms with Crippen molar-refractivity contribution < 1.29 is 0 Å². The summed E-state index contributed by atoms with van der Waals surface area (Å²) in [5.74, 6) is 0. The van der Waals surface area contributed by atoms with E-state index in [0.29, 0.717) is 3.95 Å². The fraction of sp³-hybridized carbons (Fsp3) is 0.111. The molecule has 78 valence electrons. The second kappa shape index (κ2) is 4.61. The van der Waals surface area contributed by atoms with E-state index in [4.69, 9.17) is 12.2 Å². The normalized spacial score (nSPS) is 10.5. The van der Waals surface area contributed by atoms with Crippen LogP contribution in [0.4, 0.5) is 0 Å². The molecule has 0 aliphatic carbocycles. The summed E-state index contributed by atoms with van der Waals surface area (Å²) in [6.45, 7) is 0. The lowest BCUT2D eigenvalue weighted by Gasteiger charge is -2.01. The lowest BCUT2D eigenvalue weighted by atomic mass is 10.3. The quantitative estimate of drug-likeness (QED) is 0.475. The van der Waals surface area contributed by atoms with E-state index >= 15 is 0 Å². The third kappa shape index (κ3) is 2.23. The highest BCUT2D eigenvalue weighted by Crippen LogP contribution is 2.18. The highest BCUT2D eigenvalue weighted by molar-refractivity contribution is 7.98. The molecule has 0 aliphatic rings. The summed E-state index contributed by atoms with van der Waals surface area (Å²) >= 11 is 6.78. The average molecular weight is 273 g/mol. The summed E-state index contributed by atoms with van der Waals surface area (Å²) in [5.41, 5.74) is 0.848. The molecule has 1 aromatic heterocycles. The van der Waals surface area contributed by atoms with Gasteiger partial charge in [-0.15, -0.1) is 11.8 Å². The van der Waals surface area contributed by atoms with E-state index in [1.54, 1.807) is 16.3 Å². The molecule has 0 N–H and O–H groups in total. The van der Waals surface area contributed by atoms with Gasteiger partial charge in [0.2, 0.25) is 0 Å². The fourth-order valence-corrected chi connectivity index (χ4v) is 3.73. The molecule has 0 spiro atoms. The van der Waals surface area contributed by atoms with Gasteiger partial charge in [0, 0.05) is 4.90 Å². The Hall–Kier alpha value is -0.430. The lowest BCUT2D eigenvalue weighted by molar-refractivity contribution is 1.03. The summed E-state index contributed by atoms with van der Waals surface area (Å²) in [6.07, 6.45) is 2.02. The van der Waals surface area contributed by atoms with Gasteiger partial charge in [0.05, 0.1) is 5.69 Å². The summed E-state index contributed by atoms with van der Waals surface area (Å²) in [7, 11) is 2.51. The van der Waals surface area contributed by atoms with Gasteiger partial charge >= 0.3 is 4.87 Å². The third-order valence-corrected chi connectivity index (χ3v) is 5.26. The molecule has 2 nitrogen and oxygen atoms in total. The molecule has 0 radical (unpaired) electrons. The zero-order valence-corrected chi connectivity index (χ0v) is 11.1. The first kappa shape index (κ1) is 11.1. The van der Waals surface area contributed by atoms with Gasteiger partial charge in [0.1, 0.15) is 0 Å². The van der Waals surface area contributed by atoms with Crippen molar-refractivity contribution in [3.8, 4) is 5.69 Å². The van der Waals surface area contributed by atoms with Crippen molar-refractivity contribution in [3.05, 3.63) is 37.9 Å². The zero-order valence-electron chi connectivity index (χ0n) is 7.80. The van der Waals surface area contributed by atoms with Gasteiger partial charge in [0.25, 0.3) is 0 Å². The maximum absolute atomic E-state index is 11.5. The third-order valence-electron chi connectivity index (χ3n) is 1.88. The van der Waals surface area contributed by atoms with Crippen LogP contribution in [-0.4, -0.2) is 10.8 Å². The van der Waals surface area contributed by atoms with Crippen LogP contribution >= 0.6 is 44.7 Å². The van der Waals surface area contributed by atoms with E-state index in [1.807, 2.05) is 30.5 Å². The Bertz CT molecular complexity index is 535. The van der Waals surface area contributed by atoms with Crippen LogP contribution in [0.15, 0.2) is 34.0 Å². The molecule has 15 heavy (non-hydrogen) atoms. The first-order chi connectivity index (χ1) is 7.22. The number of rotatable bonds is 2. The topological polar surface area (TPSA) is 22.0 Å². The van der Waals surface area contributed by atoms with Crippen LogP contribution in [0.2, 0.25) is 0 Å². The monoisotopic (exact) mass is 273 g/mol. The van der Waals surface area contributed by atoms with Gasteiger partial charge < -0.3 is 0 Å². The van der Waals surface area contributed by atoms with Gasteiger partial charge in [-0.25, -0.2) is 4.57 Å². The summed E-state index contributed by atoms with van der Waals surface area (Å²) in [5, 5.41) is 0. The highest BCUT2D eigenvalue weighted by atomic mass is 32.9. The minimum Gasteiger partial charge on any atom is -0.255 e. The van der Waals surface area contributed by atoms with E-state index in [2.05, 4.69) is 0 Å². The molecule has 0 bridgehead atoms. The van der Waals surface area contributed by atoms with Gasteiger partial charge in [-0.05, 0) is 63.4 Å². The van der Waals surface area contributed by atoms with Crippen LogP contribution in [0.25, 0.3) is 5.69 Å². The SMILES string of the molecule is CSc1ccc(-n2c(=O)ssc2=S)cc1. The van der Waals surface area contributed by atoms with Gasteiger partial charge in [0.15, 0.2) is 3.95 Å². The summed E-state index contributed by atoms with van der Waals surface area (Å²) < 4.78 is 2.18. The van der Waals surface area contributed by atoms with Gasteiger partial charge in [-0.1, -0.05) is 0 Å². The molecule has 0 saturated heterocycles. The first-order valence-electron chi connectivity index (χ1n) is 4.09. The molecule has 0 aliphatic heterocycles. The van der Waals surface area contributed by atoms with Crippen molar-refractivity contribution in [2.45, 2.75) is 4.90 Å². The van der Waals surface area contributed by atoms with E-state index in [9.17, 15) is 4.79 Å². The van der Waals surface area contributed by atoms with Crippen molar-refractivity contribution in [1.82, 2.24) is 4.57 Å². The van der Waals surface area contributed by atoms with Crippen LogP contribution in [0.5, 0.6) is 0 Å². The van der Waals surface area contributed by atoms with Crippen LogP contribution in [0.3, 0.4) is 0 Å². The molecule has 2 aromatic rings. The Kier molecular flexibility index (Phi) is 3.40. The molecule has 0 saturated carbocycles. The Morgan fingerprint density at radius 1 is 1.27 bits per heavy atom. The Morgan fingerprint density at radius 3 is 2.40 bits per heavy atom. The first-order valence-corrected chi connectivity index (χ1v) is 7.87. The van der Waals surface area contributed by atoms with E-state index in [-0.39, 0.29) is 4.87 Å². The van der Waals surface area contributed by atoms with Crippen molar-refractivity contribution in [1.29, 1.82) is 0 Å². The van der Waals surface area contributed by atoms with Crippen molar-refractivity contribution in [2.75, 3.05) is 6.26 Å². The predicted octanol–water partition coefficient (Wildman–Crippen LogP) is 3.41. The molecule has 2 rings (SSSR count). The average Bonchev–Trinajstić information content (AvgIpc) is 2.59. The molecule has 0 unspecified atom stereocenters. The van der Waals surface area contributed by atoms with Crippen molar-refractivity contribution in [2.24, 2.45) is 0 Å². The van der Waals surface area contributed by atoms with Crippen LogP contribution < -0.4 is 4.87 Å². The summed E-state index contributed by atoms with van der Waals surface area (Å²) in [6, 6.07) is 7.82. The molecular formula is C9H7NOS4. The van der Waals surface area contributed by atoms with Gasteiger partial charge in [-0.3, -0.25) is 4.79 Å². The largest absolute Gasteiger partial charge is 0.323 e. The molecule has 6 heteroatoms. The number of hydrogen-bond acceptors (Lipinski definition) is 5. The van der Waals surface area contributed by atoms with Crippen LogP contribution in [0.1, 0.15) is 0 Å². The number of benzene rings is 1. The number of nitrogens with zero attached hydrogens (tertiary/aromatic N) is 1. The van der Waals surface area contributed by atoms with E-state index in [0.717, 1.165) is 5.69 Å². The molecule has 1 heterocycles. The summed E-state index contributed by atoms with van der Waals surface area (Å²) in [4.78, 5) is 12.7. The minimum atomic E-state index is -0.0121. The standard InChI is InChI=1S/C9H7NOS4/c1-13-7-4-2-6(3-5-7)10-8(11)14-15-9(10)12/h2-5H,1H3. The Morgan fingerprint density at radius 2 is 1.93 bits per heavy atom. The maximum atomic E-state index is 11.5. The van der Waals surface area contributed by atoms with E-state index in [1.165, 1.54) is 25.6 Å². The second-order valence-electron chi connectivity index (χ2n) is 2.73. The molecule has 0 atom stereocenters. The van der Waals surface area contributed by atoms with Gasteiger partial charge in [-0.2, -0.15) is 0 Å². The molecule has 1 aromatic carbocycles. The second-order valence-corrected chi connectivity index (χ2v) is 6.33. The predicted molar refractivity (Wildman–Crippen MR) is 70.4 cm³/mol. The van der Waals surface area contributed by atoms with Crippen LogP contribution in [-0.2, 0) is 0 Å². The van der Waals surface area contributed by atoms with Crippen molar-refractivity contribution >= 4 is 44.7 Å². The molecule has 0 amide bonds. The molecular weight excluding hydrogens is 266 g/mol. The maximum Gasteiger partial charge on any atom is 0.323 e.